The highest BCUT2D eigenvalue weighted by Gasteiger charge is 2.20. The molecule has 4 nitrogen and oxygen atoms in total. The fourth-order valence-electron chi connectivity index (χ4n) is 1.53. The first kappa shape index (κ1) is 11.6. The molecule has 2 rings (SSSR count). The molecule has 2 heterocycles. The molecule has 1 atom stereocenters. The van der Waals surface area contributed by atoms with E-state index in [2.05, 4.69) is 17.0 Å². The van der Waals surface area contributed by atoms with Crippen molar-refractivity contribution in [2.24, 2.45) is 0 Å². The maximum Gasteiger partial charge on any atom is 0.140 e. The van der Waals surface area contributed by atoms with Gasteiger partial charge in [-0.3, -0.25) is 4.68 Å². The van der Waals surface area contributed by atoms with Crippen LogP contribution in [0.1, 0.15) is 30.8 Å². The summed E-state index contributed by atoms with van der Waals surface area (Å²) >= 11 is 7.47. The van der Waals surface area contributed by atoms with Gasteiger partial charge in [-0.25, -0.2) is 4.98 Å². The van der Waals surface area contributed by atoms with Crippen molar-refractivity contribution in [1.82, 2.24) is 14.8 Å². The van der Waals surface area contributed by atoms with Gasteiger partial charge < -0.3 is 5.11 Å². The molecule has 1 unspecified atom stereocenters. The molecule has 0 spiro atoms. The van der Waals surface area contributed by atoms with Gasteiger partial charge in [0.1, 0.15) is 6.10 Å². The van der Waals surface area contributed by atoms with Crippen LogP contribution in [0.4, 0.5) is 0 Å². The second-order valence-electron chi connectivity index (χ2n) is 3.42. The predicted molar refractivity (Wildman–Crippen MR) is 63.7 cm³/mol. The lowest BCUT2D eigenvalue weighted by Crippen LogP contribution is -2.10. The SMILES string of the molecule is CCCn1ncc(Cl)c1C(O)c1cscn1. The van der Waals surface area contributed by atoms with E-state index in [0.717, 1.165) is 13.0 Å². The molecule has 0 aliphatic carbocycles. The Kier molecular flexibility index (Phi) is 3.58. The van der Waals surface area contributed by atoms with Crippen LogP contribution >= 0.6 is 22.9 Å². The van der Waals surface area contributed by atoms with E-state index in [1.54, 1.807) is 16.4 Å². The molecular weight excluding hydrogens is 246 g/mol. The summed E-state index contributed by atoms with van der Waals surface area (Å²) in [5.74, 6) is 0. The molecule has 16 heavy (non-hydrogen) atoms. The van der Waals surface area contributed by atoms with Crippen molar-refractivity contribution in [1.29, 1.82) is 0 Å². The second-order valence-corrected chi connectivity index (χ2v) is 4.54. The first-order valence-electron chi connectivity index (χ1n) is 5.01. The lowest BCUT2D eigenvalue weighted by molar-refractivity contribution is 0.203. The van der Waals surface area contributed by atoms with Crippen molar-refractivity contribution in [3.05, 3.63) is 33.5 Å². The van der Waals surface area contributed by atoms with E-state index < -0.39 is 6.10 Å². The monoisotopic (exact) mass is 257 g/mol. The van der Waals surface area contributed by atoms with E-state index in [-0.39, 0.29) is 0 Å². The molecule has 0 radical (unpaired) electrons. The van der Waals surface area contributed by atoms with Gasteiger partial charge in [0.05, 0.1) is 28.1 Å². The molecule has 6 heteroatoms. The van der Waals surface area contributed by atoms with Gasteiger partial charge in [-0.2, -0.15) is 5.10 Å². The molecule has 0 amide bonds. The Labute approximate surface area is 103 Å². The van der Waals surface area contributed by atoms with Crippen molar-refractivity contribution < 1.29 is 5.11 Å². The summed E-state index contributed by atoms with van der Waals surface area (Å²) in [7, 11) is 0. The Bertz CT molecular complexity index is 455. The number of aliphatic hydroxyl groups excluding tert-OH is 1. The zero-order valence-electron chi connectivity index (χ0n) is 8.80. The van der Waals surface area contributed by atoms with E-state index in [9.17, 15) is 5.11 Å². The molecule has 0 saturated heterocycles. The van der Waals surface area contributed by atoms with Crippen LogP contribution in [0, 0.1) is 0 Å². The van der Waals surface area contributed by atoms with Gasteiger partial charge in [0.15, 0.2) is 0 Å². The summed E-state index contributed by atoms with van der Waals surface area (Å²) in [6.45, 7) is 2.79. The highest BCUT2D eigenvalue weighted by Crippen LogP contribution is 2.27. The Morgan fingerprint density at radius 1 is 1.62 bits per heavy atom. The number of aliphatic hydroxyl groups is 1. The van der Waals surface area contributed by atoms with Crippen LogP contribution in [0.25, 0.3) is 0 Å². The molecule has 1 N–H and O–H groups in total. The molecule has 0 saturated carbocycles. The van der Waals surface area contributed by atoms with Gasteiger partial charge in [-0.1, -0.05) is 18.5 Å². The van der Waals surface area contributed by atoms with Gasteiger partial charge in [0.2, 0.25) is 0 Å². The lowest BCUT2D eigenvalue weighted by atomic mass is 10.2. The van der Waals surface area contributed by atoms with Crippen LogP contribution < -0.4 is 0 Å². The number of thiazole rings is 1. The minimum Gasteiger partial charge on any atom is -0.380 e. The maximum absolute atomic E-state index is 10.2. The highest BCUT2D eigenvalue weighted by molar-refractivity contribution is 7.07. The Morgan fingerprint density at radius 3 is 3.06 bits per heavy atom. The van der Waals surface area contributed by atoms with Crippen molar-refractivity contribution in [3.8, 4) is 0 Å². The number of rotatable bonds is 4. The Morgan fingerprint density at radius 2 is 2.44 bits per heavy atom. The number of hydrogen-bond acceptors (Lipinski definition) is 4. The molecule has 2 aromatic rings. The van der Waals surface area contributed by atoms with Crippen LogP contribution in [0.5, 0.6) is 0 Å². The molecule has 86 valence electrons. The third-order valence-corrected chi connectivity index (χ3v) is 3.16. The maximum atomic E-state index is 10.2. The zero-order chi connectivity index (χ0) is 11.5. The van der Waals surface area contributed by atoms with Crippen molar-refractivity contribution in [2.45, 2.75) is 26.0 Å². The summed E-state index contributed by atoms with van der Waals surface area (Å²) in [5.41, 5.74) is 2.92. The number of halogens is 1. The molecule has 0 aliphatic heterocycles. The first-order valence-corrected chi connectivity index (χ1v) is 6.33. The predicted octanol–water partition coefficient (Wildman–Crippen LogP) is 2.48. The molecule has 0 fully saturated rings. The van der Waals surface area contributed by atoms with Gasteiger partial charge in [-0.05, 0) is 6.42 Å². The first-order chi connectivity index (χ1) is 7.74. The Hall–Kier alpha value is -0.910. The number of aromatic nitrogens is 3. The van der Waals surface area contributed by atoms with Gasteiger partial charge in [0, 0.05) is 11.9 Å². The van der Waals surface area contributed by atoms with Crippen molar-refractivity contribution in [2.75, 3.05) is 0 Å². The molecule has 0 aliphatic rings. The van der Waals surface area contributed by atoms with Crippen LogP contribution in [0.3, 0.4) is 0 Å². The van der Waals surface area contributed by atoms with Crippen LogP contribution in [0.15, 0.2) is 17.1 Å². The second kappa shape index (κ2) is 4.95. The van der Waals surface area contributed by atoms with Gasteiger partial charge >= 0.3 is 0 Å². The quantitative estimate of drug-likeness (QED) is 0.916. The topological polar surface area (TPSA) is 50.9 Å². The summed E-state index contributed by atoms with van der Waals surface area (Å²) in [4.78, 5) is 4.08. The van der Waals surface area contributed by atoms with E-state index >= 15 is 0 Å². The average Bonchev–Trinajstić information content (AvgIpc) is 2.88. The van der Waals surface area contributed by atoms with Crippen LogP contribution in [0.2, 0.25) is 5.02 Å². The average molecular weight is 258 g/mol. The van der Waals surface area contributed by atoms with Gasteiger partial charge in [-0.15, -0.1) is 11.3 Å². The highest BCUT2D eigenvalue weighted by atomic mass is 35.5. The smallest absolute Gasteiger partial charge is 0.140 e. The van der Waals surface area contributed by atoms with E-state index in [0.29, 0.717) is 16.4 Å². The molecule has 0 aromatic carbocycles. The van der Waals surface area contributed by atoms with Crippen LogP contribution in [-0.2, 0) is 6.54 Å². The van der Waals surface area contributed by atoms with Gasteiger partial charge in [0.25, 0.3) is 0 Å². The number of hydrogen-bond donors (Lipinski definition) is 1. The molecule has 2 aromatic heterocycles. The normalized spacial score (nSPS) is 12.9. The van der Waals surface area contributed by atoms with E-state index in [4.69, 9.17) is 11.6 Å². The standard InChI is InChI=1S/C10H12ClN3OS/c1-2-3-14-9(7(11)4-13-14)10(15)8-5-16-6-12-8/h4-6,10,15H,2-3H2,1H3. The van der Waals surface area contributed by atoms with Crippen LogP contribution in [-0.4, -0.2) is 19.9 Å². The summed E-state index contributed by atoms with van der Waals surface area (Å²) in [6.07, 6.45) is 1.70. The van der Waals surface area contributed by atoms with Crippen molar-refractivity contribution >= 4 is 22.9 Å². The third kappa shape index (κ3) is 2.11. The minimum absolute atomic E-state index is 0.481. The lowest BCUT2D eigenvalue weighted by Gasteiger charge is -2.11. The van der Waals surface area contributed by atoms with E-state index in [1.165, 1.54) is 11.3 Å². The number of nitrogens with zero attached hydrogens (tertiary/aromatic N) is 3. The van der Waals surface area contributed by atoms with E-state index in [1.807, 2.05) is 5.38 Å². The fraction of sp³-hybridized carbons (Fsp3) is 0.400. The summed E-state index contributed by atoms with van der Waals surface area (Å²) in [6, 6.07) is 0. The summed E-state index contributed by atoms with van der Waals surface area (Å²) < 4.78 is 1.73. The molecular formula is C10H12ClN3OS. The third-order valence-electron chi connectivity index (χ3n) is 2.26. The largest absolute Gasteiger partial charge is 0.380 e. The fourth-order valence-corrected chi connectivity index (χ4v) is 2.35. The minimum atomic E-state index is -0.798. The Balaban J connectivity index is 2.35. The summed E-state index contributed by atoms with van der Waals surface area (Å²) in [5, 5.41) is 16.6. The molecule has 0 bridgehead atoms. The number of aryl methyl sites for hydroxylation is 1. The van der Waals surface area contributed by atoms with Crippen molar-refractivity contribution in [3.63, 3.8) is 0 Å². The zero-order valence-corrected chi connectivity index (χ0v) is 10.4.